The Morgan fingerprint density at radius 3 is 2.83 bits per heavy atom. The first kappa shape index (κ1) is 13.3. The first-order chi connectivity index (χ1) is 8.49. The van der Waals surface area contributed by atoms with Gasteiger partial charge in [0.05, 0.1) is 6.54 Å². The van der Waals surface area contributed by atoms with Crippen molar-refractivity contribution < 1.29 is 17.9 Å². The second-order valence-corrected chi connectivity index (χ2v) is 7.15. The third-order valence-electron chi connectivity index (χ3n) is 2.50. The fourth-order valence-corrected chi connectivity index (χ4v) is 3.92. The zero-order valence-electron chi connectivity index (χ0n) is 9.88. The number of carbonyl (C=O) groups excluding carboxylic acids is 1. The molecule has 1 saturated heterocycles. The number of nitrogens with one attached hydrogen (secondary N) is 1. The highest BCUT2D eigenvalue weighted by Gasteiger charge is 2.22. The van der Waals surface area contributed by atoms with Crippen LogP contribution in [0.1, 0.15) is 4.88 Å². The van der Waals surface area contributed by atoms with Gasteiger partial charge in [-0.1, -0.05) is 0 Å². The first-order valence-electron chi connectivity index (χ1n) is 5.47. The van der Waals surface area contributed by atoms with Gasteiger partial charge in [-0.2, -0.15) is 0 Å². The maximum absolute atomic E-state index is 11.9. The molecule has 1 amide bonds. The lowest BCUT2D eigenvalue weighted by Gasteiger charge is -2.12. The zero-order chi connectivity index (χ0) is 13.2. The van der Waals surface area contributed by atoms with Crippen LogP contribution in [-0.2, 0) is 14.8 Å². The number of hydrogen-bond acceptors (Lipinski definition) is 5. The minimum atomic E-state index is -3.46. The molecule has 0 aliphatic carbocycles. The largest absolute Gasteiger partial charge is 0.448 e. The number of nitrogens with zero attached hydrogens (tertiary/aromatic N) is 1. The van der Waals surface area contributed by atoms with Gasteiger partial charge in [0.1, 0.15) is 10.8 Å². The number of cyclic esters (lactones) is 1. The van der Waals surface area contributed by atoms with Crippen LogP contribution in [0.25, 0.3) is 0 Å². The number of ether oxygens (including phenoxy) is 1. The number of aryl methyl sites for hydroxylation is 1. The summed E-state index contributed by atoms with van der Waals surface area (Å²) in [5, 5.41) is 0. The van der Waals surface area contributed by atoms with Gasteiger partial charge in [0.2, 0.25) is 10.0 Å². The summed E-state index contributed by atoms with van der Waals surface area (Å²) in [7, 11) is -3.46. The zero-order valence-corrected chi connectivity index (χ0v) is 11.5. The summed E-state index contributed by atoms with van der Waals surface area (Å²) >= 11 is 1.22. The Balaban J connectivity index is 1.88. The molecule has 0 radical (unpaired) electrons. The Bertz CT molecular complexity index is 538. The molecule has 1 fully saturated rings. The molecule has 2 heterocycles. The van der Waals surface area contributed by atoms with Gasteiger partial charge < -0.3 is 9.64 Å². The minimum Gasteiger partial charge on any atom is -0.448 e. The Hall–Kier alpha value is -1.12. The number of sulfonamides is 1. The van der Waals surface area contributed by atoms with Crippen molar-refractivity contribution in [3.05, 3.63) is 17.0 Å². The molecule has 100 valence electrons. The quantitative estimate of drug-likeness (QED) is 0.870. The summed E-state index contributed by atoms with van der Waals surface area (Å²) in [5.41, 5.74) is 0. The van der Waals surface area contributed by atoms with Crippen LogP contribution in [0, 0.1) is 6.92 Å². The molecule has 0 spiro atoms. The van der Waals surface area contributed by atoms with Crippen molar-refractivity contribution in [2.45, 2.75) is 11.1 Å². The molecule has 1 N–H and O–H groups in total. The summed E-state index contributed by atoms with van der Waals surface area (Å²) in [4.78, 5) is 13.5. The molecule has 0 bridgehead atoms. The number of amides is 1. The van der Waals surface area contributed by atoms with Crippen LogP contribution in [0.4, 0.5) is 4.79 Å². The Kier molecular flexibility index (Phi) is 3.88. The molecule has 0 atom stereocenters. The van der Waals surface area contributed by atoms with E-state index in [1.807, 2.05) is 6.92 Å². The highest BCUT2D eigenvalue weighted by Crippen LogP contribution is 2.20. The standard InChI is InChI=1S/C10H14N2O4S2/c1-8-2-3-9(17-8)18(14,15)11-4-5-12-6-7-16-10(12)13/h2-3,11H,4-7H2,1H3. The third kappa shape index (κ3) is 3.01. The predicted octanol–water partition coefficient (Wildman–Crippen LogP) is 0.787. The van der Waals surface area contributed by atoms with Crippen molar-refractivity contribution in [3.63, 3.8) is 0 Å². The van der Waals surface area contributed by atoms with Crippen molar-refractivity contribution in [1.29, 1.82) is 0 Å². The van der Waals surface area contributed by atoms with E-state index < -0.39 is 10.0 Å². The summed E-state index contributed by atoms with van der Waals surface area (Å²) in [5.74, 6) is 0. The number of hydrogen-bond donors (Lipinski definition) is 1. The smallest absolute Gasteiger partial charge is 0.409 e. The predicted molar refractivity (Wildman–Crippen MR) is 67.2 cm³/mol. The molecule has 18 heavy (non-hydrogen) atoms. The highest BCUT2D eigenvalue weighted by atomic mass is 32.2. The molecule has 8 heteroatoms. The van der Waals surface area contributed by atoms with Gasteiger partial charge in [-0.25, -0.2) is 17.9 Å². The summed E-state index contributed by atoms with van der Waals surface area (Å²) in [6.45, 7) is 3.25. The molecule has 2 rings (SSSR count). The van der Waals surface area contributed by atoms with Crippen LogP contribution in [0.5, 0.6) is 0 Å². The SMILES string of the molecule is Cc1ccc(S(=O)(=O)NCCN2CCOC2=O)s1. The Labute approximate surface area is 110 Å². The number of rotatable bonds is 5. The third-order valence-corrected chi connectivity index (χ3v) is 5.45. The lowest BCUT2D eigenvalue weighted by molar-refractivity contribution is 0.159. The van der Waals surface area contributed by atoms with Crippen LogP contribution in [0.3, 0.4) is 0 Å². The summed E-state index contributed by atoms with van der Waals surface area (Å²) < 4.78 is 31.2. The van der Waals surface area contributed by atoms with E-state index in [4.69, 9.17) is 4.74 Å². The van der Waals surface area contributed by atoms with Crippen molar-refractivity contribution >= 4 is 27.5 Å². The van der Waals surface area contributed by atoms with Crippen molar-refractivity contribution in [2.75, 3.05) is 26.2 Å². The van der Waals surface area contributed by atoms with Crippen LogP contribution in [0.2, 0.25) is 0 Å². The average molecular weight is 290 g/mol. The van der Waals surface area contributed by atoms with Crippen LogP contribution >= 0.6 is 11.3 Å². The second-order valence-electron chi connectivity index (χ2n) is 3.86. The molecule has 0 aromatic carbocycles. The van der Waals surface area contributed by atoms with Gasteiger partial charge in [-0.3, -0.25) is 0 Å². The normalized spacial score (nSPS) is 16.1. The van der Waals surface area contributed by atoms with E-state index in [9.17, 15) is 13.2 Å². The monoisotopic (exact) mass is 290 g/mol. The number of thiophene rings is 1. The molecule has 1 aromatic rings. The molecular weight excluding hydrogens is 276 g/mol. The van der Waals surface area contributed by atoms with Gasteiger partial charge in [0, 0.05) is 18.0 Å². The van der Waals surface area contributed by atoms with Gasteiger partial charge in [-0.05, 0) is 19.1 Å². The van der Waals surface area contributed by atoms with E-state index >= 15 is 0 Å². The van der Waals surface area contributed by atoms with E-state index in [1.165, 1.54) is 16.2 Å². The van der Waals surface area contributed by atoms with Gasteiger partial charge in [-0.15, -0.1) is 11.3 Å². The summed E-state index contributed by atoms with van der Waals surface area (Å²) in [6, 6.07) is 3.34. The number of carbonyl (C=O) groups is 1. The molecule has 1 aliphatic rings. The molecular formula is C10H14N2O4S2. The van der Waals surface area contributed by atoms with E-state index in [0.29, 0.717) is 23.9 Å². The topological polar surface area (TPSA) is 75.7 Å². The van der Waals surface area contributed by atoms with Gasteiger partial charge in [0.15, 0.2) is 0 Å². The van der Waals surface area contributed by atoms with Crippen LogP contribution in [-0.4, -0.2) is 45.7 Å². The molecule has 1 aromatic heterocycles. The molecule has 0 saturated carbocycles. The van der Waals surface area contributed by atoms with E-state index in [-0.39, 0.29) is 12.6 Å². The maximum atomic E-state index is 11.9. The fraction of sp³-hybridized carbons (Fsp3) is 0.500. The second kappa shape index (κ2) is 5.25. The Morgan fingerprint density at radius 2 is 2.28 bits per heavy atom. The lowest BCUT2D eigenvalue weighted by atomic mass is 10.5. The van der Waals surface area contributed by atoms with Crippen molar-refractivity contribution in [2.24, 2.45) is 0 Å². The Morgan fingerprint density at radius 1 is 1.50 bits per heavy atom. The average Bonchev–Trinajstić information content (AvgIpc) is 2.89. The molecule has 1 aliphatic heterocycles. The van der Waals surface area contributed by atoms with E-state index in [0.717, 1.165) is 4.88 Å². The van der Waals surface area contributed by atoms with Crippen molar-refractivity contribution in [3.8, 4) is 0 Å². The van der Waals surface area contributed by atoms with E-state index in [2.05, 4.69) is 4.72 Å². The minimum absolute atomic E-state index is 0.189. The van der Waals surface area contributed by atoms with Crippen LogP contribution in [0.15, 0.2) is 16.3 Å². The fourth-order valence-electron chi connectivity index (χ4n) is 1.57. The highest BCUT2D eigenvalue weighted by molar-refractivity contribution is 7.91. The van der Waals surface area contributed by atoms with Gasteiger partial charge in [0.25, 0.3) is 0 Å². The van der Waals surface area contributed by atoms with Gasteiger partial charge >= 0.3 is 6.09 Å². The summed E-state index contributed by atoms with van der Waals surface area (Å²) in [6.07, 6.45) is -0.388. The first-order valence-corrected chi connectivity index (χ1v) is 7.77. The van der Waals surface area contributed by atoms with Crippen LogP contribution < -0.4 is 4.72 Å². The maximum Gasteiger partial charge on any atom is 0.409 e. The molecule has 6 nitrogen and oxygen atoms in total. The van der Waals surface area contributed by atoms with Crippen molar-refractivity contribution in [1.82, 2.24) is 9.62 Å². The van der Waals surface area contributed by atoms with E-state index in [1.54, 1.807) is 12.1 Å². The molecule has 0 unspecified atom stereocenters. The lowest BCUT2D eigenvalue weighted by Crippen LogP contribution is -2.35.